The van der Waals surface area contributed by atoms with E-state index in [2.05, 4.69) is 20.1 Å². The zero-order valence-corrected chi connectivity index (χ0v) is 15.5. The molecule has 0 aliphatic carbocycles. The molecule has 1 fully saturated rings. The van der Waals surface area contributed by atoms with Crippen LogP contribution >= 0.6 is 0 Å². The molecule has 0 N–H and O–H groups in total. The van der Waals surface area contributed by atoms with Gasteiger partial charge in [0.1, 0.15) is 17.3 Å². The van der Waals surface area contributed by atoms with Gasteiger partial charge in [-0.3, -0.25) is 9.78 Å². The molecule has 0 aromatic carbocycles. The average molecular weight is 364 g/mol. The number of amides is 1. The summed E-state index contributed by atoms with van der Waals surface area (Å²) in [6.07, 6.45) is 6.79. The van der Waals surface area contributed by atoms with Crippen molar-refractivity contribution in [1.29, 1.82) is 0 Å². The number of aryl methyl sites for hydroxylation is 3. The highest BCUT2D eigenvalue weighted by atomic mass is 16.5. The van der Waals surface area contributed by atoms with Crippen molar-refractivity contribution >= 4 is 5.91 Å². The van der Waals surface area contributed by atoms with Gasteiger partial charge >= 0.3 is 0 Å². The predicted octanol–water partition coefficient (Wildman–Crippen LogP) is 2.82. The lowest BCUT2D eigenvalue weighted by Crippen LogP contribution is -2.32. The van der Waals surface area contributed by atoms with Crippen LogP contribution in [0, 0.1) is 20.8 Å². The molecule has 1 aliphatic heterocycles. The van der Waals surface area contributed by atoms with E-state index >= 15 is 0 Å². The standard InChI is InChI=1S/C19H20N6O2/c1-11-18(12(2)27-24-11)16-10-20-9-15(23-16)17-5-4-8-25(17)19(26)14-6-7-21-13(3)22-14/h6-7,9-10,17H,4-5,8H2,1-3H3/t17-/m0/s1. The molecule has 1 saturated heterocycles. The van der Waals surface area contributed by atoms with Crippen LogP contribution in [0.25, 0.3) is 11.3 Å². The molecule has 4 heterocycles. The Balaban J connectivity index is 1.67. The normalized spacial score (nSPS) is 16.7. The lowest BCUT2D eigenvalue weighted by Gasteiger charge is -2.24. The van der Waals surface area contributed by atoms with Gasteiger partial charge in [-0.25, -0.2) is 15.0 Å². The van der Waals surface area contributed by atoms with Crippen LogP contribution in [0.4, 0.5) is 0 Å². The number of carbonyl (C=O) groups is 1. The van der Waals surface area contributed by atoms with Crippen LogP contribution in [0.15, 0.2) is 29.2 Å². The van der Waals surface area contributed by atoms with Gasteiger partial charge in [0.25, 0.3) is 5.91 Å². The third-order valence-electron chi connectivity index (χ3n) is 4.79. The maximum Gasteiger partial charge on any atom is 0.273 e. The molecule has 138 valence electrons. The first-order chi connectivity index (χ1) is 13.0. The summed E-state index contributed by atoms with van der Waals surface area (Å²) in [4.78, 5) is 32.2. The van der Waals surface area contributed by atoms with Crippen molar-refractivity contribution in [2.75, 3.05) is 6.54 Å². The summed E-state index contributed by atoms with van der Waals surface area (Å²) in [5.41, 5.74) is 3.51. The molecule has 1 amide bonds. The molecule has 0 bridgehead atoms. The first kappa shape index (κ1) is 17.3. The minimum absolute atomic E-state index is 0.104. The Morgan fingerprint density at radius 1 is 1.22 bits per heavy atom. The van der Waals surface area contributed by atoms with Crippen molar-refractivity contribution in [2.45, 2.75) is 39.7 Å². The van der Waals surface area contributed by atoms with Crippen molar-refractivity contribution in [2.24, 2.45) is 0 Å². The molecule has 4 rings (SSSR count). The lowest BCUT2D eigenvalue weighted by molar-refractivity contribution is 0.0726. The zero-order chi connectivity index (χ0) is 19.0. The zero-order valence-electron chi connectivity index (χ0n) is 15.5. The van der Waals surface area contributed by atoms with E-state index in [4.69, 9.17) is 9.51 Å². The van der Waals surface area contributed by atoms with Crippen molar-refractivity contribution in [3.8, 4) is 11.3 Å². The highest BCUT2D eigenvalue weighted by Gasteiger charge is 2.33. The maximum atomic E-state index is 13.0. The number of hydrogen-bond acceptors (Lipinski definition) is 7. The molecule has 1 aliphatic rings. The Morgan fingerprint density at radius 3 is 2.81 bits per heavy atom. The first-order valence-corrected chi connectivity index (χ1v) is 8.90. The summed E-state index contributed by atoms with van der Waals surface area (Å²) in [5, 5.41) is 3.99. The van der Waals surface area contributed by atoms with Crippen LogP contribution in [0.1, 0.15) is 52.3 Å². The van der Waals surface area contributed by atoms with Gasteiger partial charge < -0.3 is 9.42 Å². The molecule has 27 heavy (non-hydrogen) atoms. The minimum Gasteiger partial charge on any atom is -0.361 e. The Kier molecular flexibility index (Phi) is 4.39. The van der Waals surface area contributed by atoms with Crippen LogP contribution in [0.3, 0.4) is 0 Å². The van der Waals surface area contributed by atoms with E-state index in [-0.39, 0.29) is 11.9 Å². The molecule has 3 aromatic rings. The molecule has 8 heteroatoms. The maximum absolute atomic E-state index is 13.0. The van der Waals surface area contributed by atoms with Gasteiger partial charge in [0.2, 0.25) is 0 Å². The molecule has 0 unspecified atom stereocenters. The highest BCUT2D eigenvalue weighted by molar-refractivity contribution is 5.92. The SMILES string of the molecule is Cc1nccc(C(=O)N2CCC[C@H]2c2cncc(-c3c(C)noc3C)n2)n1. The van der Waals surface area contributed by atoms with Crippen molar-refractivity contribution in [3.63, 3.8) is 0 Å². The summed E-state index contributed by atoms with van der Waals surface area (Å²) < 4.78 is 5.25. The van der Waals surface area contributed by atoms with Gasteiger partial charge in [-0.15, -0.1) is 0 Å². The largest absolute Gasteiger partial charge is 0.361 e. The van der Waals surface area contributed by atoms with Crippen LogP contribution in [0.5, 0.6) is 0 Å². The number of aromatic nitrogens is 5. The summed E-state index contributed by atoms with van der Waals surface area (Å²) in [7, 11) is 0. The average Bonchev–Trinajstić information content (AvgIpc) is 3.28. The summed E-state index contributed by atoms with van der Waals surface area (Å²) >= 11 is 0. The predicted molar refractivity (Wildman–Crippen MR) is 96.8 cm³/mol. The lowest BCUT2D eigenvalue weighted by atomic mass is 10.1. The van der Waals surface area contributed by atoms with E-state index in [1.165, 1.54) is 0 Å². The molecular formula is C19H20N6O2. The first-order valence-electron chi connectivity index (χ1n) is 8.90. The van der Waals surface area contributed by atoms with Crippen molar-refractivity contribution < 1.29 is 9.32 Å². The third kappa shape index (κ3) is 3.18. The Morgan fingerprint density at radius 2 is 2.07 bits per heavy atom. The van der Waals surface area contributed by atoms with Gasteiger partial charge in [-0.2, -0.15) is 0 Å². The second kappa shape index (κ2) is 6.86. The smallest absolute Gasteiger partial charge is 0.273 e. The van der Waals surface area contributed by atoms with Gasteiger partial charge in [0.15, 0.2) is 0 Å². The van der Waals surface area contributed by atoms with Crippen LogP contribution in [-0.4, -0.2) is 42.4 Å². The van der Waals surface area contributed by atoms with Crippen molar-refractivity contribution in [1.82, 2.24) is 30.0 Å². The Bertz CT molecular complexity index is 980. The summed E-state index contributed by atoms with van der Waals surface area (Å²) in [5.74, 6) is 1.18. The number of likely N-dealkylation sites (tertiary alicyclic amines) is 1. The number of carbonyl (C=O) groups excluding carboxylic acids is 1. The topological polar surface area (TPSA) is 97.9 Å². The molecular weight excluding hydrogens is 344 g/mol. The number of hydrogen-bond donors (Lipinski definition) is 0. The molecule has 0 spiro atoms. The highest BCUT2D eigenvalue weighted by Crippen LogP contribution is 2.33. The molecule has 3 aromatic heterocycles. The molecule has 8 nitrogen and oxygen atoms in total. The summed E-state index contributed by atoms with van der Waals surface area (Å²) in [6, 6.07) is 1.53. The fourth-order valence-corrected chi connectivity index (χ4v) is 3.55. The van der Waals surface area contributed by atoms with E-state index in [1.807, 2.05) is 18.7 Å². The summed E-state index contributed by atoms with van der Waals surface area (Å²) in [6.45, 7) is 6.18. The van der Waals surface area contributed by atoms with Crippen LogP contribution < -0.4 is 0 Å². The Labute approximate surface area is 156 Å². The van der Waals surface area contributed by atoms with Crippen LogP contribution in [-0.2, 0) is 0 Å². The molecule has 0 radical (unpaired) electrons. The molecule has 0 saturated carbocycles. The quantitative estimate of drug-likeness (QED) is 0.705. The second-order valence-electron chi connectivity index (χ2n) is 6.67. The van der Waals surface area contributed by atoms with E-state index in [9.17, 15) is 4.79 Å². The third-order valence-corrected chi connectivity index (χ3v) is 4.79. The monoisotopic (exact) mass is 364 g/mol. The van der Waals surface area contributed by atoms with E-state index in [0.29, 0.717) is 29.5 Å². The van der Waals surface area contributed by atoms with Gasteiger partial charge in [-0.1, -0.05) is 5.16 Å². The number of rotatable bonds is 3. The van der Waals surface area contributed by atoms with Gasteiger partial charge in [-0.05, 0) is 39.7 Å². The fraction of sp³-hybridized carbons (Fsp3) is 0.368. The number of nitrogens with zero attached hydrogens (tertiary/aromatic N) is 6. The fourth-order valence-electron chi connectivity index (χ4n) is 3.55. The van der Waals surface area contributed by atoms with Crippen molar-refractivity contribution in [3.05, 3.63) is 53.3 Å². The van der Waals surface area contributed by atoms with E-state index in [0.717, 1.165) is 29.8 Å². The van der Waals surface area contributed by atoms with Gasteiger partial charge in [0, 0.05) is 12.7 Å². The van der Waals surface area contributed by atoms with Crippen LogP contribution in [0.2, 0.25) is 0 Å². The molecule has 1 atom stereocenters. The van der Waals surface area contributed by atoms with E-state index < -0.39 is 0 Å². The van der Waals surface area contributed by atoms with Gasteiger partial charge in [0.05, 0.1) is 41.1 Å². The Hall–Kier alpha value is -3.16. The van der Waals surface area contributed by atoms with E-state index in [1.54, 1.807) is 31.6 Å². The second-order valence-corrected chi connectivity index (χ2v) is 6.67. The minimum atomic E-state index is -0.124.